The van der Waals surface area contributed by atoms with Crippen LogP contribution in [0.5, 0.6) is 0 Å². The van der Waals surface area contributed by atoms with E-state index in [-0.39, 0.29) is 0 Å². The zero-order valence-electron chi connectivity index (χ0n) is 9.48. The van der Waals surface area contributed by atoms with Crippen molar-refractivity contribution in [2.45, 2.75) is 44.9 Å². The SMILES string of the molecule is CCC1(C(=O)O)CCCC(c2nccs2)C1. The number of rotatable bonds is 3. The van der Waals surface area contributed by atoms with Crippen LogP contribution in [-0.2, 0) is 4.79 Å². The standard InChI is InChI=1S/C12H17NO2S/c1-2-12(11(14)15)5-3-4-9(8-12)10-13-6-7-16-10/h6-7,9H,2-5,8H2,1H3,(H,14,15). The van der Waals surface area contributed by atoms with Crippen LogP contribution >= 0.6 is 11.3 Å². The largest absolute Gasteiger partial charge is 0.481 e. The Hall–Kier alpha value is -0.900. The van der Waals surface area contributed by atoms with Gasteiger partial charge in [-0.25, -0.2) is 4.98 Å². The highest BCUT2D eigenvalue weighted by molar-refractivity contribution is 7.09. The lowest BCUT2D eigenvalue weighted by Crippen LogP contribution is -2.35. The molecule has 88 valence electrons. The van der Waals surface area contributed by atoms with Crippen molar-refractivity contribution in [3.63, 3.8) is 0 Å². The van der Waals surface area contributed by atoms with E-state index in [0.717, 1.165) is 37.1 Å². The van der Waals surface area contributed by atoms with Crippen molar-refractivity contribution in [2.24, 2.45) is 5.41 Å². The second kappa shape index (κ2) is 4.53. The summed E-state index contributed by atoms with van der Waals surface area (Å²) in [5, 5.41) is 12.5. The number of aromatic nitrogens is 1. The smallest absolute Gasteiger partial charge is 0.309 e. The van der Waals surface area contributed by atoms with E-state index >= 15 is 0 Å². The Morgan fingerprint density at radius 3 is 3.12 bits per heavy atom. The molecule has 3 nitrogen and oxygen atoms in total. The molecule has 0 amide bonds. The van der Waals surface area contributed by atoms with Crippen molar-refractivity contribution >= 4 is 17.3 Å². The molecule has 16 heavy (non-hydrogen) atoms. The summed E-state index contributed by atoms with van der Waals surface area (Å²) in [7, 11) is 0. The maximum atomic E-state index is 11.4. The summed E-state index contributed by atoms with van der Waals surface area (Å²) >= 11 is 1.65. The molecule has 2 unspecified atom stereocenters. The molecule has 1 aromatic rings. The summed E-state index contributed by atoms with van der Waals surface area (Å²) in [5.41, 5.74) is -0.505. The number of carboxylic acid groups (broad SMARTS) is 1. The average molecular weight is 239 g/mol. The number of nitrogens with zero attached hydrogens (tertiary/aromatic N) is 1. The quantitative estimate of drug-likeness (QED) is 0.880. The third-order valence-electron chi connectivity index (χ3n) is 3.78. The number of hydrogen-bond donors (Lipinski definition) is 1. The van der Waals surface area contributed by atoms with Crippen LogP contribution in [0.3, 0.4) is 0 Å². The predicted molar refractivity (Wildman–Crippen MR) is 63.7 cm³/mol. The maximum absolute atomic E-state index is 11.4. The van der Waals surface area contributed by atoms with Crippen molar-refractivity contribution in [2.75, 3.05) is 0 Å². The van der Waals surface area contributed by atoms with Crippen molar-refractivity contribution in [1.82, 2.24) is 4.98 Å². The topological polar surface area (TPSA) is 50.2 Å². The molecule has 1 aliphatic rings. The van der Waals surface area contributed by atoms with Gasteiger partial charge < -0.3 is 5.11 Å². The number of aliphatic carboxylic acids is 1. The molecule has 0 aromatic carbocycles. The van der Waals surface area contributed by atoms with Crippen LogP contribution in [0, 0.1) is 5.41 Å². The van der Waals surface area contributed by atoms with Crippen LogP contribution in [0.25, 0.3) is 0 Å². The molecule has 0 bridgehead atoms. The molecule has 1 N–H and O–H groups in total. The van der Waals surface area contributed by atoms with Crippen molar-refractivity contribution in [3.05, 3.63) is 16.6 Å². The van der Waals surface area contributed by atoms with Gasteiger partial charge >= 0.3 is 5.97 Å². The summed E-state index contributed by atoms with van der Waals surface area (Å²) in [6.07, 6.45) is 6.20. The minimum atomic E-state index is -0.628. The van der Waals surface area contributed by atoms with Gasteiger partial charge in [-0.1, -0.05) is 13.3 Å². The van der Waals surface area contributed by atoms with Crippen LogP contribution in [0.1, 0.15) is 50.0 Å². The molecule has 0 radical (unpaired) electrons. The first kappa shape index (κ1) is 11.6. The first-order chi connectivity index (χ1) is 7.68. The van der Waals surface area contributed by atoms with Gasteiger partial charge in [0.2, 0.25) is 0 Å². The molecule has 4 heteroatoms. The van der Waals surface area contributed by atoms with Crippen LogP contribution in [-0.4, -0.2) is 16.1 Å². The van der Waals surface area contributed by atoms with E-state index in [4.69, 9.17) is 0 Å². The van der Waals surface area contributed by atoms with Gasteiger partial charge in [-0.15, -0.1) is 11.3 Å². The lowest BCUT2D eigenvalue weighted by molar-refractivity contribution is -0.151. The zero-order chi connectivity index (χ0) is 11.6. The van der Waals surface area contributed by atoms with E-state index in [9.17, 15) is 9.90 Å². The first-order valence-corrected chi connectivity index (χ1v) is 6.69. The van der Waals surface area contributed by atoms with Crippen LogP contribution in [0.4, 0.5) is 0 Å². The fraction of sp³-hybridized carbons (Fsp3) is 0.667. The minimum Gasteiger partial charge on any atom is -0.481 e. The number of carbonyl (C=O) groups is 1. The molecular weight excluding hydrogens is 222 g/mol. The normalized spacial score (nSPS) is 30.2. The highest BCUT2D eigenvalue weighted by Crippen LogP contribution is 2.46. The van der Waals surface area contributed by atoms with E-state index in [1.54, 1.807) is 11.3 Å². The average Bonchev–Trinajstić information content (AvgIpc) is 2.82. The molecule has 1 heterocycles. The summed E-state index contributed by atoms with van der Waals surface area (Å²) in [4.78, 5) is 15.7. The molecule has 1 fully saturated rings. The summed E-state index contributed by atoms with van der Waals surface area (Å²) in [6, 6.07) is 0. The summed E-state index contributed by atoms with van der Waals surface area (Å²) < 4.78 is 0. The van der Waals surface area contributed by atoms with E-state index in [2.05, 4.69) is 4.98 Å². The maximum Gasteiger partial charge on any atom is 0.309 e. The van der Waals surface area contributed by atoms with Crippen LogP contribution in [0.2, 0.25) is 0 Å². The van der Waals surface area contributed by atoms with Gasteiger partial charge in [0.15, 0.2) is 0 Å². The number of hydrogen-bond acceptors (Lipinski definition) is 3. The van der Waals surface area contributed by atoms with Gasteiger partial charge in [0, 0.05) is 17.5 Å². The molecular formula is C12H17NO2S. The van der Waals surface area contributed by atoms with Gasteiger partial charge in [0.1, 0.15) is 0 Å². The predicted octanol–water partition coefficient (Wildman–Crippen LogP) is 3.28. The molecule has 0 spiro atoms. The Morgan fingerprint density at radius 2 is 2.56 bits per heavy atom. The first-order valence-electron chi connectivity index (χ1n) is 5.81. The van der Waals surface area contributed by atoms with Gasteiger partial charge in [0.25, 0.3) is 0 Å². The molecule has 2 atom stereocenters. The van der Waals surface area contributed by atoms with Crippen molar-refractivity contribution in [1.29, 1.82) is 0 Å². The summed E-state index contributed by atoms with van der Waals surface area (Å²) in [5.74, 6) is -0.277. The Balaban J connectivity index is 2.18. The Morgan fingerprint density at radius 1 is 1.75 bits per heavy atom. The Bertz CT molecular complexity index is 363. The van der Waals surface area contributed by atoms with E-state index in [0.29, 0.717) is 5.92 Å². The Labute approximate surface area is 99.5 Å². The molecule has 1 aliphatic carbocycles. The molecule has 1 aromatic heterocycles. The Kier molecular flexibility index (Phi) is 3.28. The summed E-state index contributed by atoms with van der Waals surface area (Å²) in [6.45, 7) is 1.98. The van der Waals surface area contributed by atoms with Crippen LogP contribution in [0.15, 0.2) is 11.6 Å². The molecule has 2 rings (SSSR count). The third kappa shape index (κ3) is 1.98. The molecule has 0 aliphatic heterocycles. The fourth-order valence-electron chi connectivity index (χ4n) is 2.68. The lowest BCUT2D eigenvalue weighted by Gasteiger charge is -2.36. The molecule has 0 saturated heterocycles. The van der Waals surface area contributed by atoms with Crippen molar-refractivity contribution in [3.8, 4) is 0 Å². The van der Waals surface area contributed by atoms with Gasteiger partial charge in [0.05, 0.1) is 10.4 Å². The number of thiazole rings is 1. The van der Waals surface area contributed by atoms with E-state index < -0.39 is 11.4 Å². The van der Waals surface area contributed by atoms with Gasteiger partial charge in [-0.2, -0.15) is 0 Å². The second-order valence-corrected chi connectivity index (χ2v) is 5.53. The van der Waals surface area contributed by atoms with E-state index in [1.807, 2.05) is 18.5 Å². The zero-order valence-corrected chi connectivity index (χ0v) is 10.3. The highest BCUT2D eigenvalue weighted by Gasteiger charge is 2.42. The van der Waals surface area contributed by atoms with Gasteiger partial charge in [-0.3, -0.25) is 4.79 Å². The lowest BCUT2D eigenvalue weighted by atomic mass is 9.68. The van der Waals surface area contributed by atoms with Crippen LogP contribution < -0.4 is 0 Å². The van der Waals surface area contributed by atoms with E-state index in [1.165, 1.54) is 0 Å². The fourth-order valence-corrected chi connectivity index (χ4v) is 3.45. The van der Waals surface area contributed by atoms with Gasteiger partial charge in [-0.05, 0) is 25.7 Å². The minimum absolute atomic E-state index is 0.352. The monoisotopic (exact) mass is 239 g/mol. The third-order valence-corrected chi connectivity index (χ3v) is 4.71. The second-order valence-electron chi connectivity index (χ2n) is 4.60. The van der Waals surface area contributed by atoms with Crippen molar-refractivity contribution < 1.29 is 9.90 Å². The highest BCUT2D eigenvalue weighted by atomic mass is 32.1. The number of carboxylic acids is 1. The molecule has 1 saturated carbocycles.